The third kappa shape index (κ3) is 4.52. The SMILES string of the molecule is CC[C@H](C(=O)NC(C)(C)C)N1CCn2nc(Cc3ccccc3)cc2C1. The molecule has 0 bridgehead atoms. The van der Waals surface area contributed by atoms with Crippen LogP contribution in [0.1, 0.15) is 51.1 Å². The molecule has 1 aromatic heterocycles. The molecule has 1 aromatic carbocycles. The van der Waals surface area contributed by atoms with Crippen molar-refractivity contribution in [1.82, 2.24) is 20.0 Å². The lowest BCUT2D eigenvalue weighted by molar-refractivity contribution is -0.128. The Labute approximate surface area is 156 Å². The van der Waals surface area contributed by atoms with Crippen molar-refractivity contribution in [2.75, 3.05) is 6.54 Å². The van der Waals surface area contributed by atoms with Gasteiger partial charge in [0.2, 0.25) is 5.91 Å². The maximum Gasteiger partial charge on any atom is 0.237 e. The fourth-order valence-electron chi connectivity index (χ4n) is 3.57. The van der Waals surface area contributed by atoms with E-state index in [9.17, 15) is 4.79 Å². The molecule has 0 saturated carbocycles. The molecule has 0 fully saturated rings. The maximum atomic E-state index is 12.7. The summed E-state index contributed by atoms with van der Waals surface area (Å²) in [6.45, 7) is 10.6. The maximum absolute atomic E-state index is 12.7. The Kier molecular flexibility index (Phi) is 5.47. The molecule has 0 aliphatic carbocycles. The van der Waals surface area contributed by atoms with Crippen molar-refractivity contribution in [1.29, 1.82) is 0 Å². The average Bonchev–Trinajstić information content (AvgIpc) is 2.96. The number of amides is 1. The van der Waals surface area contributed by atoms with Gasteiger partial charge in [-0.25, -0.2) is 0 Å². The number of nitrogens with zero attached hydrogens (tertiary/aromatic N) is 3. The summed E-state index contributed by atoms with van der Waals surface area (Å²) < 4.78 is 2.10. The summed E-state index contributed by atoms with van der Waals surface area (Å²) in [5.41, 5.74) is 3.37. The van der Waals surface area contributed by atoms with Crippen molar-refractivity contribution in [3.05, 3.63) is 53.3 Å². The molecule has 0 spiro atoms. The number of hydrogen-bond acceptors (Lipinski definition) is 3. The lowest BCUT2D eigenvalue weighted by Gasteiger charge is -2.35. The Morgan fingerprint density at radius 2 is 1.96 bits per heavy atom. The molecule has 0 saturated heterocycles. The Balaban J connectivity index is 1.69. The van der Waals surface area contributed by atoms with Gasteiger partial charge in [0.25, 0.3) is 0 Å². The van der Waals surface area contributed by atoms with E-state index in [0.717, 1.165) is 38.2 Å². The highest BCUT2D eigenvalue weighted by molar-refractivity contribution is 5.82. The smallest absolute Gasteiger partial charge is 0.237 e. The van der Waals surface area contributed by atoms with Crippen LogP contribution in [-0.4, -0.2) is 38.7 Å². The Hall–Kier alpha value is -2.14. The molecular formula is C21H30N4O. The van der Waals surface area contributed by atoms with E-state index in [4.69, 9.17) is 5.10 Å². The topological polar surface area (TPSA) is 50.2 Å². The minimum atomic E-state index is -0.203. The number of hydrogen-bond donors (Lipinski definition) is 1. The van der Waals surface area contributed by atoms with Crippen LogP contribution in [0.2, 0.25) is 0 Å². The van der Waals surface area contributed by atoms with Crippen molar-refractivity contribution >= 4 is 5.91 Å². The third-order valence-corrected chi connectivity index (χ3v) is 4.73. The summed E-state index contributed by atoms with van der Waals surface area (Å²) in [5.74, 6) is 0.123. The van der Waals surface area contributed by atoms with Gasteiger partial charge in [0.15, 0.2) is 0 Å². The second kappa shape index (κ2) is 7.62. The van der Waals surface area contributed by atoms with Gasteiger partial charge in [0, 0.05) is 25.0 Å². The minimum absolute atomic E-state index is 0.0875. The quantitative estimate of drug-likeness (QED) is 0.898. The van der Waals surface area contributed by atoms with Crippen molar-refractivity contribution in [3.8, 4) is 0 Å². The van der Waals surface area contributed by atoms with Gasteiger partial charge in [-0.15, -0.1) is 0 Å². The Bertz CT molecular complexity index is 745. The van der Waals surface area contributed by atoms with Crippen molar-refractivity contribution in [3.63, 3.8) is 0 Å². The number of rotatable bonds is 5. The highest BCUT2D eigenvalue weighted by atomic mass is 16.2. The van der Waals surface area contributed by atoms with Crippen LogP contribution in [0.15, 0.2) is 36.4 Å². The molecule has 5 heteroatoms. The van der Waals surface area contributed by atoms with E-state index in [1.807, 2.05) is 26.8 Å². The second-order valence-corrected chi connectivity index (χ2v) is 8.15. The number of aromatic nitrogens is 2. The predicted octanol–water partition coefficient (Wildman–Crippen LogP) is 2.98. The van der Waals surface area contributed by atoms with Crippen molar-refractivity contribution in [2.45, 2.75) is 65.2 Å². The number of fused-ring (bicyclic) bond motifs is 1. The Morgan fingerprint density at radius 1 is 1.23 bits per heavy atom. The standard InChI is InChI=1S/C21H30N4O/c1-5-19(20(26)22-21(2,3)4)24-11-12-25-18(15-24)14-17(23-25)13-16-9-7-6-8-10-16/h6-10,14,19H,5,11-13,15H2,1-4H3,(H,22,26)/t19-/m1/s1. The lowest BCUT2D eigenvalue weighted by atomic mass is 10.1. The molecule has 1 aliphatic heterocycles. The van der Waals surface area contributed by atoms with Crippen LogP contribution in [0.25, 0.3) is 0 Å². The summed E-state index contributed by atoms with van der Waals surface area (Å²) >= 11 is 0. The molecule has 1 atom stereocenters. The third-order valence-electron chi connectivity index (χ3n) is 4.73. The summed E-state index contributed by atoms with van der Waals surface area (Å²) in [5, 5.41) is 7.89. The fraction of sp³-hybridized carbons (Fsp3) is 0.524. The van der Waals surface area contributed by atoms with Crippen molar-refractivity contribution in [2.24, 2.45) is 0 Å². The van der Waals surface area contributed by atoms with Crippen LogP contribution in [-0.2, 0) is 24.3 Å². The predicted molar refractivity (Wildman–Crippen MR) is 104 cm³/mol. The number of carbonyl (C=O) groups is 1. The largest absolute Gasteiger partial charge is 0.350 e. The van der Waals surface area contributed by atoms with Gasteiger partial charge < -0.3 is 5.32 Å². The zero-order valence-corrected chi connectivity index (χ0v) is 16.3. The molecule has 26 heavy (non-hydrogen) atoms. The van der Waals surface area contributed by atoms with Crippen LogP contribution in [0.5, 0.6) is 0 Å². The second-order valence-electron chi connectivity index (χ2n) is 8.15. The van der Waals surface area contributed by atoms with E-state index in [-0.39, 0.29) is 17.5 Å². The molecule has 3 rings (SSSR count). The summed E-state index contributed by atoms with van der Waals surface area (Å²) in [7, 11) is 0. The first-order valence-corrected chi connectivity index (χ1v) is 9.51. The highest BCUT2D eigenvalue weighted by Crippen LogP contribution is 2.19. The Morgan fingerprint density at radius 3 is 2.62 bits per heavy atom. The van der Waals surface area contributed by atoms with Crippen LogP contribution in [0, 0.1) is 0 Å². The normalized spacial score (nSPS) is 16.2. The molecule has 0 unspecified atom stereocenters. The number of nitrogens with one attached hydrogen (secondary N) is 1. The molecule has 5 nitrogen and oxygen atoms in total. The van der Waals surface area contributed by atoms with Crippen LogP contribution in [0.3, 0.4) is 0 Å². The van der Waals surface area contributed by atoms with Gasteiger partial charge >= 0.3 is 0 Å². The van der Waals surface area contributed by atoms with E-state index < -0.39 is 0 Å². The van der Waals surface area contributed by atoms with Crippen LogP contribution in [0.4, 0.5) is 0 Å². The molecular weight excluding hydrogens is 324 g/mol. The first-order chi connectivity index (χ1) is 12.4. The first-order valence-electron chi connectivity index (χ1n) is 9.51. The molecule has 2 aromatic rings. The number of carbonyl (C=O) groups excluding carboxylic acids is 1. The summed E-state index contributed by atoms with van der Waals surface area (Å²) in [6.07, 6.45) is 1.66. The van der Waals surface area contributed by atoms with Gasteiger partial charge in [0.05, 0.1) is 24.0 Å². The molecule has 2 heterocycles. The average molecular weight is 354 g/mol. The molecule has 140 valence electrons. The lowest BCUT2D eigenvalue weighted by Crippen LogP contribution is -2.53. The van der Waals surface area contributed by atoms with Gasteiger partial charge in [-0.05, 0) is 38.8 Å². The monoisotopic (exact) mass is 354 g/mol. The molecule has 1 N–H and O–H groups in total. The van der Waals surface area contributed by atoms with E-state index in [1.165, 1.54) is 11.3 Å². The van der Waals surface area contributed by atoms with Crippen molar-refractivity contribution < 1.29 is 4.79 Å². The fourth-order valence-corrected chi connectivity index (χ4v) is 3.57. The van der Waals surface area contributed by atoms with Crippen LogP contribution < -0.4 is 5.32 Å². The van der Waals surface area contributed by atoms with E-state index >= 15 is 0 Å². The van der Waals surface area contributed by atoms with E-state index in [0.29, 0.717) is 0 Å². The van der Waals surface area contributed by atoms with Gasteiger partial charge in [-0.1, -0.05) is 37.3 Å². The van der Waals surface area contributed by atoms with Gasteiger partial charge in [0.1, 0.15) is 0 Å². The number of benzene rings is 1. The highest BCUT2D eigenvalue weighted by Gasteiger charge is 2.30. The molecule has 1 aliphatic rings. The summed E-state index contributed by atoms with van der Waals surface area (Å²) in [6, 6.07) is 12.5. The minimum Gasteiger partial charge on any atom is -0.350 e. The zero-order chi connectivity index (χ0) is 18.7. The van der Waals surface area contributed by atoms with E-state index in [1.54, 1.807) is 0 Å². The van der Waals surface area contributed by atoms with E-state index in [2.05, 4.69) is 52.2 Å². The van der Waals surface area contributed by atoms with Gasteiger partial charge in [-0.3, -0.25) is 14.4 Å². The zero-order valence-electron chi connectivity index (χ0n) is 16.3. The molecule has 1 amide bonds. The van der Waals surface area contributed by atoms with Crippen LogP contribution >= 0.6 is 0 Å². The van der Waals surface area contributed by atoms with Gasteiger partial charge in [-0.2, -0.15) is 5.10 Å². The summed E-state index contributed by atoms with van der Waals surface area (Å²) in [4.78, 5) is 15.0. The first kappa shape index (κ1) is 18.6. The molecule has 0 radical (unpaired) electrons.